The summed E-state index contributed by atoms with van der Waals surface area (Å²) in [6.45, 7) is 4.53. The van der Waals surface area contributed by atoms with Crippen molar-refractivity contribution in [2.45, 2.75) is 20.8 Å². The fraction of sp³-hybridized carbons (Fsp3) is 0.417. The molecule has 1 rings (SSSR count). The molecule has 6 heteroatoms. The molecule has 1 aromatic rings. The van der Waals surface area contributed by atoms with Gasteiger partial charge in [-0.05, 0) is 26.8 Å². The summed E-state index contributed by atoms with van der Waals surface area (Å²) in [4.78, 5) is 34.1. The van der Waals surface area contributed by atoms with Crippen LogP contribution in [0, 0.1) is 5.41 Å². The van der Waals surface area contributed by atoms with Crippen LogP contribution in [0.15, 0.2) is 11.4 Å². The summed E-state index contributed by atoms with van der Waals surface area (Å²) in [6, 6.07) is 1.51. The van der Waals surface area contributed by atoms with Gasteiger partial charge < -0.3 is 10.4 Å². The molecule has 1 heterocycles. The lowest BCUT2D eigenvalue weighted by Gasteiger charge is -2.19. The Hall–Kier alpha value is -1.69. The molecule has 1 amide bonds. The maximum Gasteiger partial charge on any atom is 0.310 e. The second-order valence-corrected chi connectivity index (χ2v) is 5.54. The Balaban J connectivity index is 2.66. The number of Topliss-reactive ketones (excluding diaryl/α,β-unsaturated/α-hetero) is 1. The molecular weight excluding hydrogens is 254 g/mol. The number of nitrogens with one attached hydrogen (secondary N) is 1. The molecule has 0 aliphatic carbocycles. The Kier molecular flexibility index (Phi) is 4.24. The van der Waals surface area contributed by atoms with Gasteiger partial charge in [-0.25, -0.2) is 0 Å². The van der Waals surface area contributed by atoms with Crippen molar-refractivity contribution in [1.82, 2.24) is 5.32 Å². The zero-order valence-electron chi connectivity index (χ0n) is 10.4. The van der Waals surface area contributed by atoms with Gasteiger partial charge in [-0.3, -0.25) is 14.4 Å². The minimum Gasteiger partial charge on any atom is -0.481 e. The first-order chi connectivity index (χ1) is 8.24. The van der Waals surface area contributed by atoms with Crippen molar-refractivity contribution in [1.29, 1.82) is 0 Å². The lowest BCUT2D eigenvalue weighted by molar-refractivity contribution is -0.146. The molecule has 98 valence electrons. The van der Waals surface area contributed by atoms with Gasteiger partial charge in [0.2, 0.25) is 0 Å². The number of carboxylic acid groups (broad SMARTS) is 1. The largest absolute Gasteiger partial charge is 0.481 e. The summed E-state index contributed by atoms with van der Waals surface area (Å²) >= 11 is 1.16. The van der Waals surface area contributed by atoms with E-state index in [9.17, 15) is 14.4 Å². The highest BCUT2D eigenvalue weighted by molar-refractivity contribution is 7.12. The number of carbonyl (C=O) groups is 3. The summed E-state index contributed by atoms with van der Waals surface area (Å²) in [5, 5.41) is 13.1. The molecule has 5 nitrogen and oxygen atoms in total. The SMILES string of the molecule is CC(=O)c1csc(C(=O)NCC(C)(C)C(=O)O)c1. The molecule has 1 aromatic heterocycles. The highest BCUT2D eigenvalue weighted by atomic mass is 32.1. The standard InChI is InChI=1S/C12H15NO4S/c1-7(14)8-4-9(18-5-8)10(15)13-6-12(2,3)11(16)17/h4-5H,6H2,1-3H3,(H,13,15)(H,16,17). The lowest BCUT2D eigenvalue weighted by Crippen LogP contribution is -2.38. The summed E-state index contributed by atoms with van der Waals surface area (Å²) in [6.07, 6.45) is 0. The van der Waals surface area contributed by atoms with E-state index in [1.807, 2.05) is 0 Å². The van der Waals surface area contributed by atoms with Gasteiger partial charge in [0, 0.05) is 17.5 Å². The molecule has 0 atom stereocenters. The third-order valence-electron chi connectivity index (χ3n) is 2.50. The van der Waals surface area contributed by atoms with Crippen LogP contribution in [-0.4, -0.2) is 29.3 Å². The molecule has 18 heavy (non-hydrogen) atoms. The number of hydrogen-bond donors (Lipinski definition) is 2. The first-order valence-corrected chi connectivity index (χ1v) is 6.23. The van der Waals surface area contributed by atoms with Crippen LogP contribution in [0.25, 0.3) is 0 Å². The number of thiophene rings is 1. The number of carboxylic acids is 1. The summed E-state index contributed by atoms with van der Waals surface area (Å²) in [5.74, 6) is -1.43. The van der Waals surface area contributed by atoms with E-state index in [1.165, 1.54) is 26.8 Å². The van der Waals surface area contributed by atoms with E-state index in [0.29, 0.717) is 10.4 Å². The van der Waals surface area contributed by atoms with Gasteiger partial charge in [-0.15, -0.1) is 11.3 Å². The number of rotatable bonds is 5. The Morgan fingerprint density at radius 2 is 2.00 bits per heavy atom. The third kappa shape index (κ3) is 3.40. The molecule has 2 N–H and O–H groups in total. The molecule has 0 fully saturated rings. The van der Waals surface area contributed by atoms with Gasteiger partial charge in [0.1, 0.15) is 0 Å². The highest BCUT2D eigenvalue weighted by Crippen LogP contribution is 2.17. The van der Waals surface area contributed by atoms with Gasteiger partial charge >= 0.3 is 5.97 Å². The van der Waals surface area contributed by atoms with Crippen LogP contribution >= 0.6 is 11.3 Å². The van der Waals surface area contributed by atoms with Gasteiger partial charge in [0.25, 0.3) is 5.91 Å². The van der Waals surface area contributed by atoms with Crippen LogP contribution in [-0.2, 0) is 4.79 Å². The summed E-state index contributed by atoms with van der Waals surface area (Å²) in [5.41, 5.74) is -0.529. The van der Waals surface area contributed by atoms with Gasteiger partial charge in [-0.2, -0.15) is 0 Å². The summed E-state index contributed by atoms with van der Waals surface area (Å²) < 4.78 is 0. The Morgan fingerprint density at radius 1 is 1.39 bits per heavy atom. The molecule has 0 radical (unpaired) electrons. The maximum absolute atomic E-state index is 11.7. The molecule has 0 spiro atoms. The first-order valence-electron chi connectivity index (χ1n) is 5.35. The molecule has 0 saturated carbocycles. The third-order valence-corrected chi connectivity index (χ3v) is 3.43. The van der Waals surface area contributed by atoms with Crippen molar-refractivity contribution in [3.63, 3.8) is 0 Å². The van der Waals surface area contributed by atoms with Crippen molar-refractivity contribution in [3.05, 3.63) is 21.9 Å². The fourth-order valence-corrected chi connectivity index (χ4v) is 1.97. The average molecular weight is 269 g/mol. The summed E-state index contributed by atoms with van der Waals surface area (Å²) in [7, 11) is 0. The van der Waals surface area contributed by atoms with Gasteiger partial charge in [0.05, 0.1) is 10.3 Å². The maximum atomic E-state index is 11.7. The van der Waals surface area contributed by atoms with Crippen molar-refractivity contribution in [2.24, 2.45) is 5.41 Å². The molecule has 0 unspecified atom stereocenters. The zero-order valence-corrected chi connectivity index (χ0v) is 11.3. The van der Waals surface area contributed by atoms with Crippen LogP contribution in [0.3, 0.4) is 0 Å². The molecular formula is C12H15NO4S. The van der Waals surface area contributed by atoms with E-state index >= 15 is 0 Å². The molecule has 0 aliphatic rings. The predicted octanol–water partition coefficient (Wildman–Crippen LogP) is 1.79. The van der Waals surface area contributed by atoms with Crippen LogP contribution in [0.4, 0.5) is 0 Å². The average Bonchev–Trinajstić information content (AvgIpc) is 2.75. The minimum absolute atomic E-state index is 0.0362. The van der Waals surface area contributed by atoms with E-state index in [-0.39, 0.29) is 18.2 Å². The van der Waals surface area contributed by atoms with E-state index in [0.717, 1.165) is 11.3 Å². The molecule has 0 bridgehead atoms. The first kappa shape index (κ1) is 14.4. The highest BCUT2D eigenvalue weighted by Gasteiger charge is 2.27. The quantitative estimate of drug-likeness (QED) is 0.798. The van der Waals surface area contributed by atoms with Gasteiger partial charge in [0.15, 0.2) is 5.78 Å². The molecule has 0 aliphatic heterocycles. The van der Waals surface area contributed by atoms with Crippen LogP contribution < -0.4 is 5.32 Å². The van der Waals surface area contributed by atoms with Crippen molar-refractivity contribution < 1.29 is 19.5 Å². The van der Waals surface area contributed by atoms with Crippen LogP contribution in [0.2, 0.25) is 0 Å². The molecule has 0 aromatic carbocycles. The second kappa shape index (κ2) is 5.30. The Labute approximate surface area is 109 Å². The number of ketones is 1. The van der Waals surface area contributed by atoms with Gasteiger partial charge in [-0.1, -0.05) is 0 Å². The second-order valence-electron chi connectivity index (χ2n) is 4.63. The van der Waals surface area contributed by atoms with E-state index in [2.05, 4.69) is 5.32 Å². The number of amides is 1. The van der Waals surface area contributed by atoms with Crippen molar-refractivity contribution in [2.75, 3.05) is 6.54 Å². The predicted molar refractivity (Wildman–Crippen MR) is 68.1 cm³/mol. The number of aliphatic carboxylic acids is 1. The smallest absolute Gasteiger partial charge is 0.310 e. The number of carbonyl (C=O) groups excluding carboxylic acids is 2. The van der Waals surface area contributed by atoms with E-state index in [4.69, 9.17) is 5.11 Å². The van der Waals surface area contributed by atoms with Crippen LogP contribution in [0.5, 0.6) is 0 Å². The van der Waals surface area contributed by atoms with E-state index < -0.39 is 11.4 Å². The van der Waals surface area contributed by atoms with Crippen LogP contribution in [0.1, 0.15) is 40.8 Å². The Bertz CT molecular complexity index is 490. The zero-order chi connectivity index (χ0) is 13.9. The van der Waals surface area contributed by atoms with Crippen molar-refractivity contribution in [3.8, 4) is 0 Å². The number of hydrogen-bond acceptors (Lipinski definition) is 4. The Morgan fingerprint density at radius 3 is 2.44 bits per heavy atom. The monoisotopic (exact) mass is 269 g/mol. The fourth-order valence-electron chi connectivity index (χ4n) is 1.10. The minimum atomic E-state index is -1.02. The normalized spacial score (nSPS) is 11.1. The van der Waals surface area contributed by atoms with Crippen molar-refractivity contribution >= 4 is 29.0 Å². The molecule has 0 saturated heterocycles. The topological polar surface area (TPSA) is 83.5 Å². The van der Waals surface area contributed by atoms with E-state index in [1.54, 1.807) is 5.38 Å². The lowest BCUT2D eigenvalue weighted by atomic mass is 9.94.